The Labute approximate surface area is 143 Å². The molecule has 1 atom stereocenters. The molecule has 1 heterocycles. The van der Waals surface area contributed by atoms with Crippen molar-refractivity contribution in [3.05, 3.63) is 25.6 Å². The highest BCUT2D eigenvalue weighted by Crippen LogP contribution is 2.36. The number of rotatable bonds is 3. The van der Waals surface area contributed by atoms with Gasteiger partial charge in [-0.3, -0.25) is 4.99 Å². The average Bonchev–Trinajstić information content (AvgIpc) is 2.70. The van der Waals surface area contributed by atoms with Crippen molar-refractivity contribution in [2.45, 2.75) is 26.3 Å². The standard InChI is InChI=1S/C13H15Br3N2S/c1-7(2)3-9-6-19-13(17-9)18-12-10(15)4-8(14)5-11(12)16/h4-5,7,9H,3,6H2,1-2H3,(H,17,18). The molecule has 0 aromatic heterocycles. The lowest BCUT2D eigenvalue weighted by molar-refractivity contribution is 0.529. The number of hydrogen-bond donors (Lipinski definition) is 1. The Kier molecular flexibility index (Phi) is 5.81. The first kappa shape index (κ1) is 15.9. The molecular weight excluding hydrogens is 456 g/mol. The molecule has 6 heteroatoms. The summed E-state index contributed by atoms with van der Waals surface area (Å²) in [6.45, 7) is 4.49. The fourth-order valence-electron chi connectivity index (χ4n) is 1.92. The van der Waals surface area contributed by atoms with Crippen molar-refractivity contribution in [1.82, 2.24) is 0 Å². The van der Waals surface area contributed by atoms with Crippen LogP contribution in [0.5, 0.6) is 0 Å². The zero-order chi connectivity index (χ0) is 14.0. The van der Waals surface area contributed by atoms with Gasteiger partial charge in [-0.25, -0.2) is 0 Å². The molecule has 1 aromatic carbocycles. The van der Waals surface area contributed by atoms with E-state index in [2.05, 4.69) is 67.0 Å². The van der Waals surface area contributed by atoms with Crippen molar-refractivity contribution in [2.75, 3.05) is 11.1 Å². The number of nitrogens with zero attached hydrogens (tertiary/aromatic N) is 1. The number of halogens is 3. The Morgan fingerprint density at radius 2 is 1.95 bits per heavy atom. The summed E-state index contributed by atoms with van der Waals surface area (Å²) >= 11 is 12.4. The van der Waals surface area contributed by atoms with E-state index in [9.17, 15) is 0 Å². The number of benzene rings is 1. The Hall–Kier alpha value is 0.480. The molecule has 0 radical (unpaired) electrons. The third kappa shape index (κ3) is 4.48. The highest BCUT2D eigenvalue weighted by molar-refractivity contribution is 9.11. The molecule has 104 valence electrons. The molecule has 1 aromatic rings. The minimum Gasteiger partial charge on any atom is -0.333 e. The molecule has 1 N–H and O–H groups in total. The normalized spacial score (nSPS) is 18.8. The van der Waals surface area contributed by atoms with Gasteiger partial charge in [0, 0.05) is 19.2 Å². The first-order chi connectivity index (χ1) is 8.95. The highest BCUT2D eigenvalue weighted by Gasteiger charge is 2.20. The molecule has 19 heavy (non-hydrogen) atoms. The van der Waals surface area contributed by atoms with E-state index in [0.29, 0.717) is 12.0 Å². The van der Waals surface area contributed by atoms with Gasteiger partial charge in [0.25, 0.3) is 0 Å². The van der Waals surface area contributed by atoms with Crippen LogP contribution < -0.4 is 5.32 Å². The molecule has 1 aliphatic rings. The first-order valence-corrected chi connectivity index (χ1v) is 9.44. The topological polar surface area (TPSA) is 24.4 Å². The van der Waals surface area contributed by atoms with Crippen LogP contribution in [-0.4, -0.2) is 17.0 Å². The van der Waals surface area contributed by atoms with E-state index in [4.69, 9.17) is 4.99 Å². The van der Waals surface area contributed by atoms with E-state index in [1.54, 1.807) is 11.8 Å². The predicted molar refractivity (Wildman–Crippen MR) is 96.3 cm³/mol. The van der Waals surface area contributed by atoms with Crippen molar-refractivity contribution < 1.29 is 0 Å². The number of hydrogen-bond acceptors (Lipinski definition) is 3. The summed E-state index contributed by atoms with van der Waals surface area (Å²) in [6, 6.07) is 4.50. The van der Waals surface area contributed by atoms with Crippen molar-refractivity contribution in [3.8, 4) is 0 Å². The molecule has 0 fully saturated rings. The maximum atomic E-state index is 4.74. The lowest BCUT2D eigenvalue weighted by Crippen LogP contribution is -2.08. The fraction of sp³-hybridized carbons (Fsp3) is 0.462. The number of thioether (sulfide) groups is 1. The largest absolute Gasteiger partial charge is 0.333 e. The highest BCUT2D eigenvalue weighted by atomic mass is 79.9. The van der Waals surface area contributed by atoms with Crippen LogP contribution in [0.25, 0.3) is 0 Å². The van der Waals surface area contributed by atoms with Gasteiger partial charge in [-0.1, -0.05) is 41.5 Å². The smallest absolute Gasteiger partial charge is 0.161 e. The van der Waals surface area contributed by atoms with Crippen molar-refractivity contribution in [1.29, 1.82) is 0 Å². The van der Waals surface area contributed by atoms with Gasteiger partial charge in [-0.2, -0.15) is 0 Å². The monoisotopic (exact) mass is 468 g/mol. The van der Waals surface area contributed by atoms with Crippen LogP contribution in [0, 0.1) is 5.92 Å². The van der Waals surface area contributed by atoms with E-state index in [0.717, 1.165) is 36.4 Å². The molecule has 0 amide bonds. The van der Waals surface area contributed by atoms with Crippen LogP contribution in [0.2, 0.25) is 0 Å². The minimum atomic E-state index is 0.445. The van der Waals surface area contributed by atoms with E-state index >= 15 is 0 Å². The number of anilines is 1. The summed E-state index contributed by atoms with van der Waals surface area (Å²) < 4.78 is 3.07. The maximum absolute atomic E-state index is 4.74. The molecule has 2 rings (SSSR count). The Bertz CT molecular complexity index is 480. The molecule has 0 saturated carbocycles. The van der Waals surface area contributed by atoms with Crippen molar-refractivity contribution in [2.24, 2.45) is 10.9 Å². The van der Waals surface area contributed by atoms with Gasteiger partial charge < -0.3 is 5.32 Å². The van der Waals surface area contributed by atoms with E-state index in [1.165, 1.54) is 0 Å². The lowest BCUT2D eigenvalue weighted by atomic mass is 10.1. The van der Waals surface area contributed by atoms with Gasteiger partial charge in [0.05, 0.1) is 11.7 Å². The van der Waals surface area contributed by atoms with Crippen LogP contribution in [0.15, 0.2) is 30.5 Å². The Morgan fingerprint density at radius 1 is 1.32 bits per heavy atom. The van der Waals surface area contributed by atoms with Gasteiger partial charge in [-0.15, -0.1) is 0 Å². The zero-order valence-electron chi connectivity index (χ0n) is 10.7. The molecule has 0 bridgehead atoms. The van der Waals surface area contributed by atoms with Gasteiger partial charge in [0.1, 0.15) is 0 Å². The summed E-state index contributed by atoms with van der Waals surface area (Å²) in [7, 11) is 0. The number of amidine groups is 1. The second-order valence-corrected chi connectivity index (χ2v) is 8.53. The SMILES string of the molecule is CC(C)CC1CSC(Nc2c(Br)cc(Br)cc2Br)=N1. The van der Waals surface area contributed by atoms with Crippen molar-refractivity contribution in [3.63, 3.8) is 0 Å². The van der Waals surface area contributed by atoms with Crippen LogP contribution >= 0.6 is 59.6 Å². The predicted octanol–water partition coefficient (Wildman–Crippen LogP) is 5.90. The van der Waals surface area contributed by atoms with Crippen LogP contribution in [-0.2, 0) is 0 Å². The molecular formula is C13H15Br3N2S. The Morgan fingerprint density at radius 3 is 2.53 bits per heavy atom. The molecule has 1 aliphatic heterocycles. The van der Waals surface area contributed by atoms with E-state index < -0.39 is 0 Å². The second-order valence-electron chi connectivity index (χ2n) is 4.90. The van der Waals surface area contributed by atoms with Crippen LogP contribution in [0.1, 0.15) is 20.3 Å². The zero-order valence-corrected chi connectivity index (χ0v) is 16.3. The van der Waals surface area contributed by atoms with E-state index in [-0.39, 0.29) is 0 Å². The second kappa shape index (κ2) is 6.96. The van der Waals surface area contributed by atoms with E-state index in [1.807, 2.05) is 12.1 Å². The van der Waals surface area contributed by atoms with Gasteiger partial charge >= 0.3 is 0 Å². The Balaban J connectivity index is 2.10. The fourth-order valence-corrected chi connectivity index (χ4v) is 5.33. The third-order valence-electron chi connectivity index (χ3n) is 2.69. The lowest BCUT2D eigenvalue weighted by Gasteiger charge is -2.10. The molecule has 2 nitrogen and oxygen atoms in total. The van der Waals surface area contributed by atoms with Gasteiger partial charge in [0.2, 0.25) is 0 Å². The van der Waals surface area contributed by atoms with Crippen LogP contribution in [0.3, 0.4) is 0 Å². The average molecular weight is 471 g/mol. The van der Waals surface area contributed by atoms with Gasteiger partial charge in [-0.05, 0) is 56.3 Å². The number of aliphatic imine (C=N–C) groups is 1. The summed E-state index contributed by atoms with van der Waals surface area (Å²) in [5.41, 5.74) is 1.03. The third-order valence-corrected chi connectivity index (χ3v) is 5.44. The molecule has 0 spiro atoms. The summed E-state index contributed by atoms with van der Waals surface area (Å²) in [6.07, 6.45) is 1.15. The molecule has 1 unspecified atom stereocenters. The summed E-state index contributed by atoms with van der Waals surface area (Å²) in [5, 5.41) is 4.41. The first-order valence-electron chi connectivity index (χ1n) is 6.08. The van der Waals surface area contributed by atoms with Gasteiger partial charge in [0.15, 0.2) is 5.17 Å². The minimum absolute atomic E-state index is 0.445. The maximum Gasteiger partial charge on any atom is 0.161 e. The number of nitrogens with one attached hydrogen (secondary N) is 1. The summed E-state index contributed by atoms with van der Waals surface area (Å²) in [5.74, 6) is 1.77. The molecule has 0 aliphatic carbocycles. The molecule has 0 saturated heterocycles. The summed E-state index contributed by atoms with van der Waals surface area (Å²) in [4.78, 5) is 4.74. The quantitative estimate of drug-likeness (QED) is 0.594. The van der Waals surface area contributed by atoms with Crippen molar-refractivity contribution >= 4 is 70.4 Å². The van der Waals surface area contributed by atoms with Crippen LogP contribution in [0.4, 0.5) is 5.69 Å².